The van der Waals surface area contributed by atoms with Crippen LogP contribution in [0.15, 0.2) is 47.3 Å². The number of benzene rings is 1. The van der Waals surface area contributed by atoms with Crippen molar-refractivity contribution in [2.45, 2.75) is 33.4 Å². The lowest BCUT2D eigenvalue weighted by Crippen LogP contribution is -2.39. The first-order valence-electron chi connectivity index (χ1n) is 9.16. The van der Waals surface area contributed by atoms with Gasteiger partial charge in [0.1, 0.15) is 0 Å². The van der Waals surface area contributed by atoms with E-state index in [-0.39, 0.29) is 24.4 Å². The smallest absolute Gasteiger partial charge is 0.266 e. The van der Waals surface area contributed by atoms with Crippen molar-refractivity contribution in [2.75, 3.05) is 6.54 Å². The summed E-state index contributed by atoms with van der Waals surface area (Å²) in [4.78, 5) is 24.3. The van der Waals surface area contributed by atoms with Gasteiger partial charge in [-0.05, 0) is 45.0 Å². The van der Waals surface area contributed by atoms with Crippen molar-refractivity contribution in [2.24, 2.45) is 0 Å². The summed E-state index contributed by atoms with van der Waals surface area (Å²) in [5.74, 6) is -0.441. The van der Waals surface area contributed by atoms with Crippen molar-refractivity contribution in [1.82, 2.24) is 24.9 Å². The van der Waals surface area contributed by atoms with Crippen LogP contribution in [-0.4, -0.2) is 38.1 Å². The molecule has 0 bridgehead atoms. The van der Waals surface area contributed by atoms with Crippen LogP contribution in [-0.2, 0) is 11.3 Å². The highest BCUT2D eigenvalue weighted by molar-refractivity contribution is 5.80. The van der Waals surface area contributed by atoms with Gasteiger partial charge in [-0.1, -0.05) is 12.1 Å². The second-order valence-electron chi connectivity index (χ2n) is 6.57. The maximum absolute atomic E-state index is 13.6. The van der Waals surface area contributed by atoms with E-state index in [0.717, 1.165) is 11.4 Å². The fourth-order valence-corrected chi connectivity index (χ4v) is 2.79. The summed E-state index contributed by atoms with van der Waals surface area (Å²) in [6.45, 7) is 5.63. The molecule has 0 aliphatic heterocycles. The van der Waals surface area contributed by atoms with Crippen LogP contribution in [0.25, 0.3) is 5.82 Å². The maximum Gasteiger partial charge on any atom is 0.266 e. The molecule has 9 heteroatoms. The highest BCUT2D eigenvalue weighted by Gasteiger charge is 2.16. The molecule has 1 N–H and O–H groups in total. The normalized spacial score (nSPS) is 11.9. The predicted octanol–water partition coefficient (Wildman–Crippen LogP) is 1.77. The molecule has 0 saturated heterocycles. The van der Waals surface area contributed by atoms with Crippen LogP contribution in [0.1, 0.15) is 18.3 Å². The largest absolute Gasteiger partial charge is 0.478 e. The summed E-state index contributed by atoms with van der Waals surface area (Å²) in [7, 11) is 0. The van der Waals surface area contributed by atoms with Crippen LogP contribution in [0.4, 0.5) is 4.39 Å². The zero-order valence-corrected chi connectivity index (χ0v) is 16.4. The molecule has 8 nitrogen and oxygen atoms in total. The number of para-hydroxylation sites is 1. The van der Waals surface area contributed by atoms with Gasteiger partial charge < -0.3 is 10.1 Å². The van der Waals surface area contributed by atoms with Gasteiger partial charge in [-0.25, -0.2) is 13.8 Å². The number of carbonyl (C=O) groups is 1. The van der Waals surface area contributed by atoms with E-state index < -0.39 is 17.8 Å². The zero-order chi connectivity index (χ0) is 21.0. The van der Waals surface area contributed by atoms with Gasteiger partial charge in [0.15, 0.2) is 23.5 Å². The lowest BCUT2D eigenvalue weighted by atomic mass is 10.3. The van der Waals surface area contributed by atoms with Crippen molar-refractivity contribution in [3.63, 3.8) is 0 Å². The van der Waals surface area contributed by atoms with Crippen LogP contribution in [0, 0.1) is 19.7 Å². The fourth-order valence-electron chi connectivity index (χ4n) is 2.79. The third kappa shape index (κ3) is 4.87. The molecule has 29 heavy (non-hydrogen) atoms. The number of nitrogens with zero attached hydrogens (tertiary/aromatic N) is 4. The highest BCUT2D eigenvalue weighted by Crippen LogP contribution is 2.16. The van der Waals surface area contributed by atoms with Gasteiger partial charge in [0, 0.05) is 18.3 Å². The third-order valence-electron chi connectivity index (χ3n) is 4.21. The summed E-state index contributed by atoms with van der Waals surface area (Å²) in [5.41, 5.74) is 1.45. The molecular formula is C20H22FN5O3. The standard InChI is InChI=1S/C20H22FN5O3/c1-13-12-14(2)26(23-13)18-8-9-19(27)25(24-18)11-10-22-20(28)15(3)29-17-7-5-4-6-16(17)21/h4-9,12,15H,10-11H2,1-3H3,(H,22,28). The number of ether oxygens (including phenoxy) is 1. The first-order chi connectivity index (χ1) is 13.8. The Morgan fingerprint density at radius 3 is 2.66 bits per heavy atom. The molecule has 0 spiro atoms. The molecule has 1 amide bonds. The van der Waals surface area contributed by atoms with Crippen molar-refractivity contribution < 1.29 is 13.9 Å². The number of halogens is 1. The van der Waals surface area contributed by atoms with Crippen molar-refractivity contribution in [3.8, 4) is 11.6 Å². The van der Waals surface area contributed by atoms with Gasteiger partial charge >= 0.3 is 0 Å². The Bertz CT molecular complexity index is 1080. The van der Waals surface area contributed by atoms with E-state index >= 15 is 0 Å². The SMILES string of the molecule is Cc1cc(C)n(-c2ccc(=O)n(CCNC(=O)C(C)Oc3ccccc3F)n2)n1. The van der Waals surface area contributed by atoms with Crippen LogP contribution in [0.3, 0.4) is 0 Å². The van der Waals surface area contributed by atoms with Crippen LogP contribution in [0.2, 0.25) is 0 Å². The van der Waals surface area contributed by atoms with Gasteiger partial charge in [0.25, 0.3) is 11.5 Å². The lowest BCUT2D eigenvalue weighted by Gasteiger charge is -2.15. The summed E-state index contributed by atoms with van der Waals surface area (Å²) in [6.07, 6.45) is -0.891. The molecule has 1 aromatic carbocycles. The number of aryl methyl sites for hydroxylation is 2. The number of hydrogen-bond donors (Lipinski definition) is 1. The molecular weight excluding hydrogens is 377 g/mol. The topological polar surface area (TPSA) is 91.0 Å². The number of amides is 1. The molecule has 0 radical (unpaired) electrons. The Morgan fingerprint density at radius 2 is 1.97 bits per heavy atom. The minimum Gasteiger partial charge on any atom is -0.478 e. The van der Waals surface area contributed by atoms with Gasteiger partial charge in [-0.2, -0.15) is 5.10 Å². The van der Waals surface area contributed by atoms with Crippen molar-refractivity contribution in [3.05, 3.63) is 70.0 Å². The molecule has 152 valence electrons. The van der Waals surface area contributed by atoms with E-state index in [9.17, 15) is 14.0 Å². The molecule has 0 saturated carbocycles. The fraction of sp³-hybridized carbons (Fsp3) is 0.300. The van der Waals surface area contributed by atoms with Crippen LogP contribution < -0.4 is 15.6 Å². The summed E-state index contributed by atoms with van der Waals surface area (Å²) in [5, 5.41) is 11.3. The third-order valence-corrected chi connectivity index (χ3v) is 4.21. The average molecular weight is 399 g/mol. The first kappa shape index (κ1) is 20.2. The molecule has 0 fully saturated rings. The second-order valence-corrected chi connectivity index (χ2v) is 6.57. The Hall–Kier alpha value is -3.49. The van der Waals surface area contributed by atoms with Crippen molar-refractivity contribution in [1.29, 1.82) is 0 Å². The Morgan fingerprint density at radius 1 is 1.21 bits per heavy atom. The minimum absolute atomic E-state index is 0.00521. The Kier molecular flexibility index (Phi) is 6.06. The van der Waals surface area contributed by atoms with E-state index in [1.807, 2.05) is 19.9 Å². The van der Waals surface area contributed by atoms with Crippen molar-refractivity contribution >= 4 is 5.91 Å². The monoisotopic (exact) mass is 399 g/mol. The van der Waals surface area contributed by atoms with E-state index in [4.69, 9.17) is 4.74 Å². The van der Waals surface area contributed by atoms with E-state index in [1.54, 1.807) is 16.8 Å². The molecule has 0 aliphatic carbocycles. The molecule has 1 atom stereocenters. The number of carbonyl (C=O) groups excluding carboxylic acids is 1. The number of hydrogen-bond acceptors (Lipinski definition) is 5. The molecule has 1 unspecified atom stereocenters. The molecule has 2 aromatic heterocycles. The minimum atomic E-state index is -0.891. The summed E-state index contributed by atoms with van der Waals surface area (Å²) >= 11 is 0. The Labute approximate surface area is 166 Å². The zero-order valence-electron chi connectivity index (χ0n) is 16.4. The number of nitrogens with one attached hydrogen (secondary N) is 1. The average Bonchev–Trinajstić information content (AvgIpc) is 3.03. The molecule has 3 aromatic rings. The van der Waals surface area contributed by atoms with E-state index in [2.05, 4.69) is 15.5 Å². The van der Waals surface area contributed by atoms with Crippen LogP contribution in [0.5, 0.6) is 5.75 Å². The summed E-state index contributed by atoms with van der Waals surface area (Å²) < 4.78 is 21.9. The molecule has 2 heterocycles. The summed E-state index contributed by atoms with van der Waals surface area (Å²) in [6, 6.07) is 10.8. The van der Waals surface area contributed by atoms with Gasteiger partial charge in [-0.3, -0.25) is 9.59 Å². The lowest BCUT2D eigenvalue weighted by molar-refractivity contribution is -0.127. The predicted molar refractivity (Wildman–Crippen MR) is 105 cm³/mol. The van der Waals surface area contributed by atoms with E-state index in [0.29, 0.717) is 5.82 Å². The maximum atomic E-state index is 13.6. The quantitative estimate of drug-likeness (QED) is 0.654. The van der Waals surface area contributed by atoms with Gasteiger partial charge in [0.2, 0.25) is 0 Å². The van der Waals surface area contributed by atoms with Gasteiger partial charge in [-0.15, -0.1) is 5.10 Å². The van der Waals surface area contributed by atoms with Crippen LogP contribution >= 0.6 is 0 Å². The highest BCUT2D eigenvalue weighted by atomic mass is 19.1. The molecule has 3 rings (SSSR count). The van der Waals surface area contributed by atoms with Gasteiger partial charge in [0.05, 0.1) is 12.2 Å². The van der Waals surface area contributed by atoms with E-state index in [1.165, 1.54) is 35.9 Å². The Balaban J connectivity index is 1.60. The second kappa shape index (κ2) is 8.68. The number of rotatable bonds is 7. The first-order valence-corrected chi connectivity index (χ1v) is 9.16. The molecule has 0 aliphatic rings. The number of aromatic nitrogens is 4.